The van der Waals surface area contributed by atoms with Gasteiger partial charge in [0.1, 0.15) is 0 Å². The third-order valence-corrected chi connectivity index (χ3v) is 6.64. The van der Waals surface area contributed by atoms with Gasteiger partial charge in [0.25, 0.3) is 0 Å². The molecule has 4 heteroatoms. The molecule has 0 saturated carbocycles. The largest absolute Gasteiger partial charge is 0.292 e. The SMILES string of the molecule is O=C(CN1CCN(C(c2ccccc2)c2ccccc2)CC1)N(c1ccccc1)c1ccccc1. The highest BCUT2D eigenvalue weighted by atomic mass is 16.2. The fourth-order valence-corrected chi connectivity index (χ4v) is 4.92. The molecule has 0 bridgehead atoms. The monoisotopic (exact) mass is 461 g/mol. The van der Waals surface area contributed by atoms with Crippen molar-refractivity contribution in [3.63, 3.8) is 0 Å². The number of hydrogen-bond acceptors (Lipinski definition) is 3. The highest BCUT2D eigenvalue weighted by molar-refractivity contribution is 6.01. The summed E-state index contributed by atoms with van der Waals surface area (Å²) in [5.41, 5.74) is 4.41. The van der Waals surface area contributed by atoms with Crippen LogP contribution < -0.4 is 4.90 Å². The van der Waals surface area contributed by atoms with Crippen LogP contribution in [0.5, 0.6) is 0 Å². The Morgan fingerprint density at radius 2 is 1.00 bits per heavy atom. The lowest BCUT2D eigenvalue weighted by Gasteiger charge is -2.40. The van der Waals surface area contributed by atoms with Crippen LogP contribution in [-0.4, -0.2) is 48.4 Å². The second-order valence-corrected chi connectivity index (χ2v) is 8.94. The van der Waals surface area contributed by atoms with Gasteiger partial charge < -0.3 is 0 Å². The average Bonchev–Trinajstić information content (AvgIpc) is 2.92. The zero-order valence-electron chi connectivity index (χ0n) is 19.9. The summed E-state index contributed by atoms with van der Waals surface area (Å²) in [5.74, 6) is 0.0959. The minimum atomic E-state index is 0.0959. The van der Waals surface area contributed by atoms with E-state index < -0.39 is 0 Å². The van der Waals surface area contributed by atoms with Crippen molar-refractivity contribution in [2.24, 2.45) is 0 Å². The molecule has 0 atom stereocenters. The number of piperazine rings is 1. The van der Waals surface area contributed by atoms with Crippen LogP contribution in [0.1, 0.15) is 17.2 Å². The molecule has 0 spiro atoms. The number of benzene rings is 4. The quantitative estimate of drug-likeness (QED) is 0.350. The lowest BCUT2D eigenvalue weighted by molar-refractivity contribution is -0.119. The van der Waals surface area contributed by atoms with Gasteiger partial charge in [0.15, 0.2) is 0 Å². The summed E-state index contributed by atoms with van der Waals surface area (Å²) in [5, 5.41) is 0. The molecule has 1 fully saturated rings. The molecule has 1 saturated heterocycles. The molecule has 176 valence electrons. The molecule has 0 unspecified atom stereocenters. The van der Waals surface area contributed by atoms with E-state index in [1.165, 1.54) is 11.1 Å². The van der Waals surface area contributed by atoms with E-state index in [9.17, 15) is 4.79 Å². The molecule has 1 heterocycles. The Balaban J connectivity index is 1.29. The van der Waals surface area contributed by atoms with Crippen molar-refractivity contribution in [1.29, 1.82) is 0 Å². The molecule has 5 rings (SSSR count). The summed E-state index contributed by atoms with van der Waals surface area (Å²) >= 11 is 0. The molecule has 4 nitrogen and oxygen atoms in total. The number of amides is 1. The van der Waals surface area contributed by atoms with E-state index in [0.717, 1.165) is 37.6 Å². The molecule has 0 aromatic heterocycles. The lowest BCUT2D eigenvalue weighted by Crippen LogP contribution is -2.50. The summed E-state index contributed by atoms with van der Waals surface area (Å²) in [4.78, 5) is 20.2. The smallest absolute Gasteiger partial charge is 0.245 e. The predicted molar refractivity (Wildman–Crippen MR) is 143 cm³/mol. The number of rotatable bonds is 7. The molecule has 0 aliphatic carbocycles. The van der Waals surface area contributed by atoms with Crippen LogP contribution in [0.15, 0.2) is 121 Å². The number of para-hydroxylation sites is 2. The summed E-state index contributed by atoms with van der Waals surface area (Å²) < 4.78 is 0. The van der Waals surface area contributed by atoms with Gasteiger partial charge in [-0.05, 0) is 35.4 Å². The van der Waals surface area contributed by atoms with E-state index in [0.29, 0.717) is 6.54 Å². The van der Waals surface area contributed by atoms with Crippen molar-refractivity contribution in [1.82, 2.24) is 9.80 Å². The number of carbonyl (C=O) groups excluding carboxylic acids is 1. The van der Waals surface area contributed by atoms with E-state index in [1.807, 2.05) is 65.6 Å². The summed E-state index contributed by atoms with van der Waals surface area (Å²) in [6.07, 6.45) is 0. The van der Waals surface area contributed by atoms with Crippen LogP contribution in [0, 0.1) is 0 Å². The Morgan fingerprint density at radius 1 is 0.600 bits per heavy atom. The standard InChI is InChI=1S/C31H31N3O/c35-30(34(28-17-9-3-10-18-28)29-19-11-4-12-20-29)25-32-21-23-33(24-22-32)31(26-13-5-1-6-14-26)27-15-7-2-8-16-27/h1-20,31H,21-25H2. The molecule has 1 aliphatic heterocycles. The highest BCUT2D eigenvalue weighted by Gasteiger charge is 2.28. The topological polar surface area (TPSA) is 26.8 Å². The van der Waals surface area contributed by atoms with Gasteiger partial charge in [-0.3, -0.25) is 19.5 Å². The maximum Gasteiger partial charge on any atom is 0.245 e. The molecule has 0 radical (unpaired) electrons. The third kappa shape index (κ3) is 5.51. The van der Waals surface area contributed by atoms with E-state index in [4.69, 9.17) is 0 Å². The van der Waals surface area contributed by atoms with Gasteiger partial charge in [-0.1, -0.05) is 97.1 Å². The number of hydrogen-bond donors (Lipinski definition) is 0. The fourth-order valence-electron chi connectivity index (χ4n) is 4.92. The van der Waals surface area contributed by atoms with Crippen molar-refractivity contribution in [3.8, 4) is 0 Å². The van der Waals surface area contributed by atoms with Crippen molar-refractivity contribution in [3.05, 3.63) is 132 Å². The molecule has 1 aliphatic rings. The lowest BCUT2D eigenvalue weighted by atomic mass is 9.96. The van der Waals surface area contributed by atoms with Crippen LogP contribution >= 0.6 is 0 Å². The first-order valence-electron chi connectivity index (χ1n) is 12.3. The Kier molecular flexibility index (Phi) is 7.32. The highest BCUT2D eigenvalue weighted by Crippen LogP contribution is 2.30. The van der Waals surface area contributed by atoms with Crippen LogP contribution in [-0.2, 0) is 4.79 Å². The van der Waals surface area contributed by atoms with Crippen molar-refractivity contribution < 1.29 is 4.79 Å². The molecule has 1 amide bonds. The molecule has 35 heavy (non-hydrogen) atoms. The van der Waals surface area contributed by atoms with Crippen LogP contribution in [0.3, 0.4) is 0 Å². The maximum atomic E-state index is 13.5. The number of nitrogens with zero attached hydrogens (tertiary/aromatic N) is 3. The van der Waals surface area contributed by atoms with Gasteiger partial charge in [-0.15, -0.1) is 0 Å². The first-order chi connectivity index (χ1) is 17.3. The molecular formula is C31H31N3O. The average molecular weight is 462 g/mol. The summed E-state index contributed by atoms with van der Waals surface area (Å²) in [7, 11) is 0. The second kappa shape index (κ2) is 11.1. The molecule has 4 aromatic rings. The molecular weight excluding hydrogens is 430 g/mol. The Hall–Kier alpha value is -3.73. The predicted octanol–water partition coefficient (Wildman–Crippen LogP) is 5.76. The van der Waals surface area contributed by atoms with E-state index in [-0.39, 0.29) is 11.9 Å². The third-order valence-electron chi connectivity index (χ3n) is 6.64. The zero-order valence-corrected chi connectivity index (χ0v) is 19.9. The second-order valence-electron chi connectivity index (χ2n) is 8.94. The van der Waals surface area contributed by atoms with E-state index in [1.54, 1.807) is 0 Å². The van der Waals surface area contributed by atoms with Gasteiger partial charge in [0.2, 0.25) is 5.91 Å². The molecule has 0 N–H and O–H groups in total. The summed E-state index contributed by atoms with van der Waals surface area (Å²) in [6, 6.07) is 41.5. The van der Waals surface area contributed by atoms with Gasteiger partial charge >= 0.3 is 0 Å². The number of anilines is 2. The van der Waals surface area contributed by atoms with Crippen molar-refractivity contribution in [2.45, 2.75) is 6.04 Å². The van der Waals surface area contributed by atoms with Crippen LogP contribution in [0.25, 0.3) is 0 Å². The van der Waals surface area contributed by atoms with Crippen LogP contribution in [0.2, 0.25) is 0 Å². The minimum absolute atomic E-state index is 0.0959. The van der Waals surface area contributed by atoms with Gasteiger partial charge in [-0.25, -0.2) is 0 Å². The van der Waals surface area contributed by atoms with Gasteiger partial charge in [0.05, 0.1) is 12.6 Å². The van der Waals surface area contributed by atoms with Crippen molar-refractivity contribution in [2.75, 3.05) is 37.6 Å². The van der Waals surface area contributed by atoms with Crippen molar-refractivity contribution >= 4 is 17.3 Å². The van der Waals surface area contributed by atoms with E-state index >= 15 is 0 Å². The Bertz CT molecular complexity index is 1110. The normalized spacial score (nSPS) is 14.7. The van der Waals surface area contributed by atoms with E-state index in [2.05, 4.69) is 70.5 Å². The maximum absolute atomic E-state index is 13.5. The van der Waals surface area contributed by atoms with Gasteiger partial charge in [-0.2, -0.15) is 0 Å². The Labute approximate surface area is 208 Å². The number of carbonyl (C=O) groups is 1. The zero-order chi connectivity index (χ0) is 23.9. The molecule has 4 aromatic carbocycles. The fraction of sp³-hybridized carbons (Fsp3) is 0.194. The van der Waals surface area contributed by atoms with Gasteiger partial charge in [0, 0.05) is 37.6 Å². The minimum Gasteiger partial charge on any atom is -0.292 e. The Morgan fingerprint density at radius 3 is 1.43 bits per heavy atom. The van der Waals surface area contributed by atoms with Crippen LogP contribution in [0.4, 0.5) is 11.4 Å². The first-order valence-corrected chi connectivity index (χ1v) is 12.3. The first kappa shape index (κ1) is 23.0. The summed E-state index contributed by atoms with van der Waals surface area (Å²) in [6.45, 7) is 3.95.